The number of carbonyl (C=O) groups is 2. The van der Waals surface area contributed by atoms with E-state index in [2.05, 4.69) is 5.32 Å². The Kier molecular flexibility index (Phi) is 5.36. The Morgan fingerprint density at radius 3 is 2.45 bits per heavy atom. The lowest BCUT2D eigenvalue weighted by molar-refractivity contribution is -0.137. The molecule has 1 rings (SSSR count). The largest absolute Gasteiger partial charge is 0.481 e. The van der Waals surface area contributed by atoms with E-state index < -0.39 is 5.97 Å². The molecule has 5 heteroatoms. The molecular weight excluding hydrogens is 256 g/mol. The second-order valence-electron chi connectivity index (χ2n) is 5.98. The fourth-order valence-electron chi connectivity index (χ4n) is 2.02. The summed E-state index contributed by atoms with van der Waals surface area (Å²) in [6.07, 6.45) is 1.54. The summed E-state index contributed by atoms with van der Waals surface area (Å²) in [5.41, 5.74) is 1.60. The first kappa shape index (κ1) is 16.3. The summed E-state index contributed by atoms with van der Waals surface area (Å²) < 4.78 is 1.85. The first-order chi connectivity index (χ1) is 9.23. The first-order valence-electron chi connectivity index (χ1n) is 6.85. The Bertz CT molecular complexity index is 489. The van der Waals surface area contributed by atoms with Gasteiger partial charge >= 0.3 is 5.97 Å². The van der Waals surface area contributed by atoms with Crippen molar-refractivity contribution >= 4 is 11.9 Å². The van der Waals surface area contributed by atoms with Crippen LogP contribution in [0.5, 0.6) is 0 Å². The highest BCUT2D eigenvalue weighted by atomic mass is 16.4. The lowest BCUT2D eigenvalue weighted by Crippen LogP contribution is -2.29. The summed E-state index contributed by atoms with van der Waals surface area (Å²) in [6, 6.07) is 3.71. The molecule has 0 fully saturated rings. The average Bonchev–Trinajstić information content (AvgIpc) is 2.67. The number of carboxylic acids is 1. The molecule has 1 amide bonds. The zero-order chi connectivity index (χ0) is 15.3. The smallest absolute Gasteiger partial charge is 0.303 e. The van der Waals surface area contributed by atoms with E-state index in [4.69, 9.17) is 5.11 Å². The molecule has 0 aliphatic heterocycles. The van der Waals surface area contributed by atoms with Gasteiger partial charge in [0.15, 0.2) is 0 Å². The maximum absolute atomic E-state index is 12.0. The third-order valence-corrected chi connectivity index (χ3v) is 3.71. The van der Waals surface area contributed by atoms with Crippen LogP contribution in [-0.4, -0.2) is 28.1 Å². The highest BCUT2D eigenvalue weighted by Gasteiger charge is 2.19. The molecule has 0 atom stereocenters. The number of aryl methyl sites for hydroxylation is 1. The van der Waals surface area contributed by atoms with Crippen LogP contribution in [0, 0.1) is 12.3 Å². The quantitative estimate of drug-likeness (QED) is 0.805. The molecule has 20 heavy (non-hydrogen) atoms. The Morgan fingerprint density at radius 1 is 1.30 bits per heavy atom. The third kappa shape index (κ3) is 4.72. The van der Waals surface area contributed by atoms with Crippen LogP contribution in [-0.2, 0) is 11.8 Å². The van der Waals surface area contributed by atoms with Crippen LogP contribution in [0.25, 0.3) is 0 Å². The van der Waals surface area contributed by atoms with E-state index in [0.29, 0.717) is 18.7 Å². The van der Waals surface area contributed by atoms with Crippen LogP contribution in [0.1, 0.15) is 49.3 Å². The van der Waals surface area contributed by atoms with Crippen LogP contribution >= 0.6 is 0 Å². The van der Waals surface area contributed by atoms with Crippen LogP contribution in [0.15, 0.2) is 12.1 Å². The van der Waals surface area contributed by atoms with Crippen molar-refractivity contribution in [1.29, 1.82) is 0 Å². The Hall–Kier alpha value is -1.78. The lowest BCUT2D eigenvalue weighted by atomic mass is 9.84. The molecule has 0 saturated carbocycles. The van der Waals surface area contributed by atoms with Crippen molar-refractivity contribution in [3.63, 3.8) is 0 Å². The normalized spacial score (nSPS) is 11.4. The molecule has 0 unspecified atom stereocenters. The van der Waals surface area contributed by atoms with Crippen LogP contribution in [0.4, 0.5) is 0 Å². The molecule has 1 aromatic heterocycles. The van der Waals surface area contributed by atoms with E-state index in [1.807, 2.05) is 38.5 Å². The molecule has 1 aromatic rings. The maximum Gasteiger partial charge on any atom is 0.303 e. The van der Waals surface area contributed by atoms with Gasteiger partial charge in [0.25, 0.3) is 5.91 Å². The van der Waals surface area contributed by atoms with Crippen molar-refractivity contribution < 1.29 is 14.7 Å². The number of amides is 1. The van der Waals surface area contributed by atoms with E-state index in [9.17, 15) is 9.59 Å². The summed E-state index contributed by atoms with van der Waals surface area (Å²) in [4.78, 5) is 22.6. The predicted molar refractivity (Wildman–Crippen MR) is 77.8 cm³/mol. The van der Waals surface area contributed by atoms with Gasteiger partial charge in [-0.1, -0.05) is 13.8 Å². The van der Waals surface area contributed by atoms with E-state index in [1.54, 1.807) is 6.07 Å². The summed E-state index contributed by atoms with van der Waals surface area (Å²) in [7, 11) is 1.86. The molecule has 0 spiro atoms. The molecule has 5 nitrogen and oxygen atoms in total. The minimum atomic E-state index is -0.776. The zero-order valence-electron chi connectivity index (χ0n) is 12.7. The van der Waals surface area contributed by atoms with Crippen LogP contribution in [0.2, 0.25) is 0 Å². The number of hydrogen-bond acceptors (Lipinski definition) is 2. The Balaban J connectivity index is 2.42. The van der Waals surface area contributed by atoms with Gasteiger partial charge in [-0.15, -0.1) is 0 Å². The van der Waals surface area contributed by atoms with Crippen molar-refractivity contribution in [1.82, 2.24) is 9.88 Å². The minimum Gasteiger partial charge on any atom is -0.481 e. The minimum absolute atomic E-state index is 0.0875. The second-order valence-corrected chi connectivity index (χ2v) is 5.98. The summed E-state index contributed by atoms with van der Waals surface area (Å²) in [5, 5.41) is 11.6. The van der Waals surface area contributed by atoms with Gasteiger partial charge in [0, 0.05) is 25.7 Å². The molecule has 1 heterocycles. The summed E-state index contributed by atoms with van der Waals surface area (Å²) in [5.74, 6) is -0.865. The van der Waals surface area contributed by atoms with E-state index in [-0.39, 0.29) is 17.7 Å². The van der Waals surface area contributed by atoms with Crippen LogP contribution in [0.3, 0.4) is 0 Å². The average molecular weight is 280 g/mol. The van der Waals surface area contributed by atoms with E-state index >= 15 is 0 Å². The number of aromatic nitrogens is 1. The molecule has 2 N–H and O–H groups in total. The van der Waals surface area contributed by atoms with Crippen LogP contribution < -0.4 is 5.32 Å². The van der Waals surface area contributed by atoms with Gasteiger partial charge in [-0.2, -0.15) is 0 Å². The van der Waals surface area contributed by atoms with Gasteiger partial charge in [0.1, 0.15) is 5.69 Å². The summed E-state index contributed by atoms with van der Waals surface area (Å²) in [6.45, 7) is 6.55. The molecule has 0 saturated heterocycles. The number of aliphatic carboxylic acids is 1. The highest BCUT2D eigenvalue weighted by molar-refractivity contribution is 5.92. The van der Waals surface area contributed by atoms with Gasteiger partial charge in [-0.3, -0.25) is 9.59 Å². The molecule has 0 radical (unpaired) electrons. The topological polar surface area (TPSA) is 71.3 Å². The van der Waals surface area contributed by atoms with Gasteiger partial charge < -0.3 is 15.0 Å². The van der Waals surface area contributed by atoms with Gasteiger partial charge in [-0.25, -0.2) is 0 Å². The fourth-order valence-corrected chi connectivity index (χ4v) is 2.02. The molecule has 0 aliphatic carbocycles. The number of nitrogens with zero attached hydrogens (tertiary/aromatic N) is 1. The fraction of sp³-hybridized carbons (Fsp3) is 0.600. The standard InChI is InChI=1S/C15H24N2O3/c1-11-5-6-12(17(11)4)14(20)16-10-9-15(2,3)8-7-13(18)19/h5-6H,7-10H2,1-4H3,(H,16,20)(H,18,19). The summed E-state index contributed by atoms with van der Waals surface area (Å²) >= 11 is 0. The maximum atomic E-state index is 12.0. The second kappa shape index (κ2) is 6.59. The Labute approximate surface area is 120 Å². The Morgan fingerprint density at radius 2 is 1.95 bits per heavy atom. The first-order valence-corrected chi connectivity index (χ1v) is 6.85. The number of carbonyl (C=O) groups excluding carboxylic acids is 1. The zero-order valence-corrected chi connectivity index (χ0v) is 12.7. The van der Waals surface area contributed by atoms with Crippen molar-refractivity contribution in [2.45, 2.75) is 40.0 Å². The van der Waals surface area contributed by atoms with Gasteiger partial charge in [0.2, 0.25) is 0 Å². The van der Waals surface area contributed by atoms with Crippen molar-refractivity contribution in [2.75, 3.05) is 6.54 Å². The van der Waals surface area contributed by atoms with Crippen molar-refractivity contribution in [2.24, 2.45) is 12.5 Å². The SMILES string of the molecule is Cc1ccc(C(=O)NCCC(C)(C)CCC(=O)O)n1C. The van der Waals surface area contributed by atoms with Gasteiger partial charge in [0.05, 0.1) is 0 Å². The van der Waals surface area contributed by atoms with E-state index in [1.165, 1.54) is 0 Å². The number of hydrogen-bond donors (Lipinski definition) is 2. The molecule has 0 aliphatic rings. The third-order valence-electron chi connectivity index (χ3n) is 3.71. The number of carboxylic acid groups (broad SMARTS) is 1. The van der Waals surface area contributed by atoms with E-state index in [0.717, 1.165) is 12.1 Å². The van der Waals surface area contributed by atoms with Crippen molar-refractivity contribution in [3.8, 4) is 0 Å². The number of rotatable bonds is 7. The molecular formula is C15H24N2O3. The predicted octanol–water partition coefficient (Wildman–Crippen LogP) is 2.34. The monoisotopic (exact) mass is 280 g/mol. The molecule has 112 valence electrons. The molecule has 0 bridgehead atoms. The van der Waals surface area contributed by atoms with Gasteiger partial charge in [-0.05, 0) is 37.3 Å². The van der Waals surface area contributed by atoms with Crippen molar-refractivity contribution in [3.05, 3.63) is 23.5 Å². The lowest BCUT2D eigenvalue weighted by Gasteiger charge is -2.23. The number of nitrogens with one attached hydrogen (secondary N) is 1. The molecule has 0 aromatic carbocycles. The highest BCUT2D eigenvalue weighted by Crippen LogP contribution is 2.26.